The molecule has 0 spiro atoms. The Morgan fingerprint density at radius 3 is 2.65 bits per heavy atom. The molecule has 2 N–H and O–H groups in total. The van der Waals surface area contributed by atoms with E-state index in [0.29, 0.717) is 5.58 Å². The number of fused-ring (bicyclic) bond motifs is 1. The van der Waals surface area contributed by atoms with Crippen molar-refractivity contribution in [1.82, 2.24) is 4.90 Å². The van der Waals surface area contributed by atoms with Gasteiger partial charge in [0.1, 0.15) is 5.58 Å². The van der Waals surface area contributed by atoms with Gasteiger partial charge in [0.2, 0.25) is 5.09 Å². The summed E-state index contributed by atoms with van der Waals surface area (Å²) in [6.07, 6.45) is 0. The molecule has 1 saturated heterocycles. The Hall–Kier alpha value is -1.41. The van der Waals surface area contributed by atoms with E-state index in [-0.39, 0.29) is 5.09 Å². The summed E-state index contributed by atoms with van der Waals surface area (Å²) in [6.45, 7) is 4.14. The number of primary sulfonamides is 1. The van der Waals surface area contributed by atoms with Gasteiger partial charge in [-0.1, -0.05) is 6.07 Å². The smallest absolute Gasteiger partial charge is 0.271 e. The van der Waals surface area contributed by atoms with Crippen molar-refractivity contribution in [2.45, 2.75) is 11.6 Å². The lowest BCUT2D eigenvalue weighted by molar-refractivity contribution is 0.0342. The first-order valence-electron chi connectivity index (χ1n) is 6.38. The topological polar surface area (TPSA) is 85.8 Å². The maximum Gasteiger partial charge on any atom is 0.271 e. The lowest BCUT2D eigenvalue weighted by Crippen LogP contribution is -2.35. The molecule has 1 aromatic heterocycles. The van der Waals surface area contributed by atoms with Crippen molar-refractivity contribution in [2.75, 3.05) is 26.3 Å². The molecule has 0 bridgehead atoms. The van der Waals surface area contributed by atoms with Crippen molar-refractivity contribution in [3.63, 3.8) is 0 Å². The predicted molar refractivity (Wildman–Crippen MR) is 73.7 cm³/mol. The maximum absolute atomic E-state index is 11.3. The van der Waals surface area contributed by atoms with Gasteiger partial charge in [-0.2, -0.15) is 0 Å². The van der Waals surface area contributed by atoms with E-state index in [1.165, 1.54) is 6.07 Å². The minimum absolute atomic E-state index is 0.198. The van der Waals surface area contributed by atoms with Crippen molar-refractivity contribution in [3.8, 4) is 0 Å². The second-order valence-electron chi connectivity index (χ2n) is 4.87. The van der Waals surface area contributed by atoms with Crippen LogP contribution < -0.4 is 5.14 Å². The molecule has 0 amide bonds. The zero-order chi connectivity index (χ0) is 14.2. The monoisotopic (exact) mass is 296 g/mol. The van der Waals surface area contributed by atoms with Gasteiger partial charge in [-0.15, -0.1) is 0 Å². The number of ether oxygens (including phenoxy) is 1. The average Bonchev–Trinajstić information content (AvgIpc) is 2.83. The highest BCUT2D eigenvalue weighted by Crippen LogP contribution is 2.23. The van der Waals surface area contributed by atoms with Gasteiger partial charge in [-0.3, -0.25) is 4.90 Å². The van der Waals surface area contributed by atoms with E-state index in [2.05, 4.69) is 4.90 Å². The molecule has 6 nitrogen and oxygen atoms in total. The molecule has 0 unspecified atom stereocenters. The van der Waals surface area contributed by atoms with Crippen LogP contribution in [0.25, 0.3) is 11.0 Å². The summed E-state index contributed by atoms with van der Waals surface area (Å²) in [5.74, 6) is 0. The largest absolute Gasteiger partial charge is 0.443 e. The van der Waals surface area contributed by atoms with Crippen LogP contribution >= 0.6 is 0 Å². The van der Waals surface area contributed by atoms with Crippen LogP contribution in [0.15, 0.2) is 33.8 Å². The number of rotatable bonds is 3. The van der Waals surface area contributed by atoms with Gasteiger partial charge in [0.25, 0.3) is 10.0 Å². The third kappa shape index (κ3) is 2.85. The van der Waals surface area contributed by atoms with Crippen LogP contribution in [0.1, 0.15) is 5.56 Å². The fourth-order valence-electron chi connectivity index (χ4n) is 2.32. The number of furan rings is 1. The van der Waals surface area contributed by atoms with Crippen molar-refractivity contribution in [3.05, 3.63) is 29.8 Å². The van der Waals surface area contributed by atoms with Gasteiger partial charge in [-0.05, 0) is 17.7 Å². The number of nitrogens with two attached hydrogens (primary N) is 1. The van der Waals surface area contributed by atoms with Crippen molar-refractivity contribution >= 4 is 21.0 Å². The highest BCUT2D eigenvalue weighted by molar-refractivity contribution is 7.89. The Kier molecular flexibility index (Phi) is 3.51. The van der Waals surface area contributed by atoms with Gasteiger partial charge < -0.3 is 9.15 Å². The van der Waals surface area contributed by atoms with Crippen LogP contribution in [0.2, 0.25) is 0 Å². The first-order chi connectivity index (χ1) is 9.52. The van der Waals surface area contributed by atoms with Gasteiger partial charge in [0.15, 0.2) is 0 Å². The maximum atomic E-state index is 11.3. The lowest BCUT2D eigenvalue weighted by Gasteiger charge is -2.26. The molecule has 1 aromatic carbocycles. The number of morpholine rings is 1. The highest BCUT2D eigenvalue weighted by atomic mass is 32.2. The molecule has 0 saturated carbocycles. The standard InChI is InChI=1S/C13H16N2O4S/c14-20(16,17)13-8-11-7-10(1-2-12(11)19-13)9-15-3-5-18-6-4-15/h1-2,7-8H,3-6,9H2,(H2,14,16,17). The van der Waals surface area contributed by atoms with Crippen molar-refractivity contribution in [1.29, 1.82) is 0 Å². The fourth-order valence-corrected chi connectivity index (χ4v) is 2.82. The molecule has 108 valence electrons. The Morgan fingerprint density at radius 2 is 1.95 bits per heavy atom. The summed E-state index contributed by atoms with van der Waals surface area (Å²) < 4.78 is 33.1. The SMILES string of the molecule is NS(=O)(=O)c1cc2cc(CN3CCOCC3)ccc2o1. The number of hydrogen-bond acceptors (Lipinski definition) is 5. The van der Waals surface area contributed by atoms with E-state index in [4.69, 9.17) is 14.3 Å². The third-order valence-corrected chi connectivity index (χ3v) is 4.11. The minimum atomic E-state index is -3.80. The van der Waals surface area contributed by atoms with Gasteiger partial charge >= 0.3 is 0 Å². The molecular weight excluding hydrogens is 280 g/mol. The Balaban J connectivity index is 1.86. The summed E-state index contributed by atoms with van der Waals surface area (Å²) in [6, 6.07) is 7.12. The first kappa shape index (κ1) is 13.6. The van der Waals surface area contributed by atoms with E-state index in [1.807, 2.05) is 12.1 Å². The molecule has 1 fully saturated rings. The van der Waals surface area contributed by atoms with Crippen molar-refractivity contribution < 1.29 is 17.6 Å². The summed E-state index contributed by atoms with van der Waals surface area (Å²) >= 11 is 0. The van der Waals surface area contributed by atoms with Gasteiger partial charge in [0, 0.05) is 31.1 Å². The fraction of sp³-hybridized carbons (Fsp3) is 0.385. The minimum Gasteiger partial charge on any atom is -0.443 e. The van der Waals surface area contributed by atoms with Crippen LogP contribution in [0.4, 0.5) is 0 Å². The second-order valence-corrected chi connectivity index (χ2v) is 6.36. The third-order valence-electron chi connectivity index (χ3n) is 3.35. The normalized spacial score (nSPS) is 17.6. The number of nitrogens with zero attached hydrogens (tertiary/aromatic N) is 1. The summed E-state index contributed by atoms with van der Waals surface area (Å²) in [4.78, 5) is 2.30. The van der Waals surface area contributed by atoms with Crippen LogP contribution in [0, 0.1) is 0 Å². The van der Waals surface area contributed by atoms with Crippen molar-refractivity contribution in [2.24, 2.45) is 5.14 Å². The molecule has 3 rings (SSSR count). The Labute approximate surface area is 117 Å². The van der Waals surface area contributed by atoms with Crippen LogP contribution in [-0.4, -0.2) is 39.6 Å². The molecule has 1 aliphatic heterocycles. The number of hydrogen-bond donors (Lipinski definition) is 1. The molecule has 20 heavy (non-hydrogen) atoms. The van der Waals surface area contributed by atoms with Gasteiger partial charge in [0.05, 0.1) is 13.2 Å². The summed E-state index contributed by atoms with van der Waals surface area (Å²) in [7, 11) is -3.80. The van der Waals surface area contributed by atoms with E-state index < -0.39 is 10.0 Å². The quantitative estimate of drug-likeness (QED) is 0.910. The zero-order valence-electron chi connectivity index (χ0n) is 10.9. The van der Waals surface area contributed by atoms with E-state index in [0.717, 1.165) is 43.8 Å². The first-order valence-corrected chi connectivity index (χ1v) is 7.92. The Morgan fingerprint density at radius 1 is 1.20 bits per heavy atom. The summed E-state index contributed by atoms with van der Waals surface area (Å²) in [5.41, 5.74) is 1.64. The molecule has 2 aromatic rings. The van der Waals surface area contributed by atoms with E-state index in [9.17, 15) is 8.42 Å². The molecule has 2 heterocycles. The van der Waals surface area contributed by atoms with Gasteiger partial charge in [-0.25, -0.2) is 13.6 Å². The predicted octanol–water partition coefficient (Wildman–Crippen LogP) is 0.912. The van der Waals surface area contributed by atoms with E-state index in [1.54, 1.807) is 6.07 Å². The molecule has 0 radical (unpaired) electrons. The zero-order valence-corrected chi connectivity index (χ0v) is 11.7. The second kappa shape index (κ2) is 5.17. The molecule has 0 atom stereocenters. The van der Waals surface area contributed by atoms with Crippen LogP contribution in [0.5, 0.6) is 0 Å². The Bertz CT molecular complexity index is 717. The number of sulfonamides is 1. The molecule has 0 aliphatic carbocycles. The average molecular weight is 296 g/mol. The molecular formula is C13H16N2O4S. The highest BCUT2D eigenvalue weighted by Gasteiger charge is 2.15. The molecule has 7 heteroatoms. The summed E-state index contributed by atoms with van der Waals surface area (Å²) in [5, 5.41) is 5.62. The van der Waals surface area contributed by atoms with Crippen LogP contribution in [0.3, 0.4) is 0 Å². The van der Waals surface area contributed by atoms with Crippen LogP contribution in [-0.2, 0) is 21.3 Å². The lowest BCUT2D eigenvalue weighted by atomic mass is 10.1. The van der Waals surface area contributed by atoms with E-state index >= 15 is 0 Å². The molecule has 1 aliphatic rings. The number of benzene rings is 1.